The Bertz CT molecular complexity index is 907. The van der Waals surface area contributed by atoms with E-state index in [1.807, 2.05) is 18.2 Å². The van der Waals surface area contributed by atoms with Crippen LogP contribution in [0.25, 0.3) is 17.2 Å². The third-order valence-corrected chi connectivity index (χ3v) is 4.49. The lowest BCUT2D eigenvalue weighted by Crippen LogP contribution is -2.07. The van der Waals surface area contributed by atoms with Crippen LogP contribution in [0, 0.1) is 0 Å². The Morgan fingerprint density at radius 2 is 1.73 bits per heavy atom. The van der Waals surface area contributed by atoms with Crippen LogP contribution in [-0.2, 0) is 22.5 Å². The second-order valence-corrected chi connectivity index (χ2v) is 6.07. The molecule has 0 aliphatic carbocycles. The summed E-state index contributed by atoms with van der Waals surface area (Å²) in [6, 6.07) is 23.0. The highest BCUT2D eigenvalue weighted by Gasteiger charge is 2.10. The Labute approximate surface area is 154 Å². The zero-order valence-corrected chi connectivity index (χ0v) is 15.2. The van der Waals surface area contributed by atoms with Gasteiger partial charge in [0.15, 0.2) is 0 Å². The monoisotopic (exact) mass is 345 g/mol. The minimum Gasteiger partial charge on any atom is -0.466 e. The molecule has 0 atom stereocenters. The van der Waals surface area contributed by atoms with Crippen LogP contribution in [0.1, 0.15) is 23.9 Å². The molecule has 0 saturated heterocycles. The Kier molecular flexibility index (Phi) is 5.69. The van der Waals surface area contributed by atoms with Crippen LogP contribution in [0.4, 0.5) is 0 Å². The van der Waals surface area contributed by atoms with Gasteiger partial charge in [-0.2, -0.15) is 0 Å². The number of carbonyl (C=O) groups excluding carboxylic acids is 1. The SMILES string of the molecule is CCc1ccc(C=CC(=O)OC)n1Cc1ccccc1-c1ccccc1. The number of rotatable bonds is 6. The number of methoxy groups -OCH3 is 1. The lowest BCUT2D eigenvalue weighted by atomic mass is 9.99. The van der Waals surface area contributed by atoms with Crippen molar-refractivity contribution < 1.29 is 9.53 Å². The van der Waals surface area contributed by atoms with E-state index in [1.165, 1.54) is 35.6 Å². The van der Waals surface area contributed by atoms with E-state index in [0.717, 1.165) is 18.7 Å². The summed E-state index contributed by atoms with van der Waals surface area (Å²) in [7, 11) is 1.39. The van der Waals surface area contributed by atoms with Gasteiger partial charge in [0.1, 0.15) is 0 Å². The zero-order chi connectivity index (χ0) is 18.4. The number of hydrogen-bond acceptors (Lipinski definition) is 2. The molecule has 3 nitrogen and oxygen atoms in total. The summed E-state index contributed by atoms with van der Waals surface area (Å²) in [6.45, 7) is 2.89. The molecule has 0 saturated carbocycles. The van der Waals surface area contributed by atoms with Crippen molar-refractivity contribution in [3.63, 3.8) is 0 Å². The van der Waals surface area contributed by atoms with Crippen LogP contribution in [0.2, 0.25) is 0 Å². The van der Waals surface area contributed by atoms with E-state index in [-0.39, 0.29) is 5.97 Å². The smallest absolute Gasteiger partial charge is 0.330 e. The molecule has 0 aliphatic heterocycles. The second-order valence-electron chi connectivity index (χ2n) is 6.07. The predicted molar refractivity (Wildman–Crippen MR) is 106 cm³/mol. The highest BCUT2D eigenvalue weighted by atomic mass is 16.5. The predicted octanol–water partition coefficient (Wildman–Crippen LogP) is 4.95. The number of carbonyl (C=O) groups is 1. The van der Waals surface area contributed by atoms with Crippen molar-refractivity contribution in [2.45, 2.75) is 19.9 Å². The molecule has 0 radical (unpaired) electrons. The minimum absolute atomic E-state index is 0.347. The topological polar surface area (TPSA) is 31.2 Å². The first-order chi connectivity index (χ1) is 12.7. The van der Waals surface area contributed by atoms with Crippen molar-refractivity contribution in [1.82, 2.24) is 4.57 Å². The molecule has 1 heterocycles. The van der Waals surface area contributed by atoms with Gasteiger partial charge in [-0.05, 0) is 41.3 Å². The lowest BCUT2D eigenvalue weighted by Gasteiger charge is -2.15. The van der Waals surface area contributed by atoms with Crippen molar-refractivity contribution in [2.75, 3.05) is 7.11 Å². The zero-order valence-electron chi connectivity index (χ0n) is 15.2. The summed E-state index contributed by atoms with van der Waals surface area (Å²) in [6.07, 6.45) is 4.21. The molecule has 2 aromatic carbocycles. The second kappa shape index (κ2) is 8.34. The number of aromatic nitrogens is 1. The van der Waals surface area contributed by atoms with Gasteiger partial charge in [0.05, 0.1) is 7.11 Å². The fraction of sp³-hybridized carbons (Fsp3) is 0.174. The van der Waals surface area contributed by atoms with Crippen molar-refractivity contribution >= 4 is 12.0 Å². The van der Waals surface area contributed by atoms with E-state index in [9.17, 15) is 4.79 Å². The van der Waals surface area contributed by atoms with Crippen LogP contribution < -0.4 is 0 Å². The Morgan fingerprint density at radius 3 is 2.46 bits per heavy atom. The largest absolute Gasteiger partial charge is 0.466 e. The van der Waals surface area contributed by atoms with Crippen LogP contribution in [-0.4, -0.2) is 17.6 Å². The first-order valence-corrected chi connectivity index (χ1v) is 8.80. The highest BCUT2D eigenvalue weighted by Crippen LogP contribution is 2.25. The van der Waals surface area contributed by atoms with Gasteiger partial charge in [-0.1, -0.05) is 61.5 Å². The molecule has 3 rings (SSSR count). The summed E-state index contributed by atoms with van der Waals surface area (Å²) in [5.74, 6) is -0.347. The minimum atomic E-state index is -0.347. The van der Waals surface area contributed by atoms with E-state index >= 15 is 0 Å². The van der Waals surface area contributed by atoms with Gasteiger partial charge in [-0.25, -0.2) is 4.79 Å². The van der Waals surface area contributed by atoms with E-state index in [0.29, 0.717) is 0 Å². The van der Waals surface area contributed by atoms with Gasteiger partial charge < -0.3 is 9.30 Å². The van der Waals surface area contributed by atoms with E-state index in [4.69, 9.17) is 4.74 Å². The van der Waals surface area contributed by atoms with E-state index < -0.39 is 0 Å². The highest BCUT2D eigenvalue weighted by molar-refractivity contribution is 5.86. The third-order valence-electron chi connectivity index (χ3n) is 4.49. The average Bonchev–Trinajstić information content (AvgIpc) is 3.08. The summed E-state index contributed by atoms with van der Waals surface area (Å²) < 4.78 is 6.96. The summed E-state index contributed by atoms with van der Waals surface area (Å²) in [4.78, 5) is 11.5. The van der Waals surface area contributed by atoms with Crippen molar-refractivity contribution in [3.8, 4) is 11.1 Å². The molecule has 132 valence electrons. The summed E-state index contributed by atoms with van der Waals surface area (Å²) in [5, 5.41) is 0. The third kappa shape index (κ3) is 3.94. The number of nitrogens with zero attached hydrogens (tertiary/aromatic N) is 1. The van der Waals surface area contributed by atoms with Crippen molar-refractivity contribution in [1.29, 1.82) is 0 Å². The molecule has 0 amide bonds. The Balaban J connectivity index is 1.98. The van der Waals surface area contributed by atoms with Gasteiger partial charge >= 0.3 is 5.97 Å². The summed E-state index contributed by atoms with van der Waals surface area (Å²) in [5.41, 5.74) is 5.91. The number of esters is 1. The molecule has 0 N–H and O–H groups in total. The van der Waals surface area contributed by atoms with Crippen molar-refractivity contribution in [2.24, 2.45) is 0 Å². The molecule has 3 heteroatoms. The molecule has 26 heavy (non-hydrogen) atoms. The standard InChI is InChI=1S/C23H23NO2/c1-3-20-13-14-21(15-16-23(25)26-2)24(20)17-19-11-7-8-12-22(19)18-9-5-4-6-10-18/h4-16H,3,17H2,1-2H3. The molecule has 0 aliphatic rings. The average molecular weight is 345 g/mol. The maximum Gasteiger partial charge on any atom is 0.330 e. The van der Waals surface area contributed by atoms with E-state index in [2.05, 4.69) is 66.1 Å². The molecular weight excluding hydrogens is 322 g/mol. The van der Waals surface area contributed by atoms with Gasteiger partial charge in [0.2, 0.25) is 0 Å². The maximum absolute atomic E-state index is 11.5. The maximum atomic E-state index is 11.5. The molecular formula is C23H23NO2. The van der Waals surface area contributed by atoms with Gasteiger partial charge in [0.25, 0.3) is 0 Å². The normalized spacial score (nSPS) is 11.0. The molecule has 3 aromatic rings. The number of hydrogen-bond donors (Lipinski definition) is 0. The quantitative estimate of drug-likeness (QED) is 0.467. The Hall–Kier alpha value is -3.07. The summed E-state index contributed by atoms with van der Waals surface area (Å²) >= 11 is 0. The van der Waals surface area contributed by atoms with Crippen LogP contribution in [0.5, 0.6) is 0 Å². The molecule has 0 fully saturated rings. The van der Waals surface area contributed by atoms with Crippen molar-refractivity contribution in [3.05, 3.63) is 89.8 Å². The van der Waals surface area contributed by atoms with Crippen LogP contribution >= 0.6 is 0 Å². The molecule has 0 spiro atoms. The fourth-order valence-electron chi connectivity index (χ4n) is 3.12. The van der Waals surface area contributed by atoms with Gasteiger partial charge in [0, 0.05) is 24.0 Å². The number of benzene rings is 2. The molecule has 1 aromatic heterocycles. The lowest BCUT2D eigenvalue weighted by molar-refractivity contribution is -0.134. The van der Waals surface area contributed by atoms with Crippen LogP contribution in [0.15, 0.2) is 72.8 Å². The van der Waals surface area contributed by atoms with E-state index in [1.54, 1.807) is 0 Å². The van der Waals surface area contributed by atoms with Crippen LogP contribution in [0.3, 0.4) is 0 Å². The fourth-order valence-corrected chi connectivity index (χ4v) is 3.12. The first kappa shape index (κ1) is 17.7. The van der Waals surface area contributed by atoms with Gasteiger partial charge in [-0.3, -0.25) is 0 Å². The number of aryl methyl sites for hydroxylation is 1. The molecule has 0 bridgehead atoms. The number of ether oxygens (including phenoxy) is 1. The first-order valence-electron chi connectivity index (χ1n) is 8.80. The Morgan fingerprint density at radius 1 is 1.00 bits per heavy atom. The van der Waals surface area contributed by atoms with Gasteiger partial charge in [-0.15, -0.1) is 0 Å². The molecule has 0 unspecified atom stereocenters.